The summed E-state index contributed by atoms with van der Waals surface area (Å²) in [4.78, 5) is 6.43. The van der Waals surface area contributed by atoms with Gasteiger partial charge in [-0.25, -0.2) is 4.98 Å². The summed E-state index contributed by atoms with van der Waals surface area (Å²) in [5, 5.41) is 0.415. The molecule has 0 aliphatic carbocycles. The van der Waals surface area contributed by atoms with Crippen LogP contribution in [-0.2, 0) is 9.47 Å². The first kappa shape index (κ1) is 12.0. The van der Waals surface area contributed by atoms with Crippen LogP contribution in [0.5, 0.6) is 0 Å². The molecule has 6 heteroatoms. The molecule has 3 heterocycles. The average Bonchev–Trinajstić information content (AvgIpc) is 2.76. The van der Waals surface area contributed by atoms with Crippen LogP contribution < -0.4 is 10.6 Å². The molecule has 5 nitrogen and oxygen atoms in total. The topological polar surface area (TPSA) is 60.6 Å². The largest absolute Gasteiger partial charge is 0.399 e. The van der Waals surface area contributed by atoms with Crippen LogP contribution in [-0.4, -0.2) is 37.1 Å². The Balaban J connectivity index is 1.83. The van der Waals surface area contributed by atoms with Crippen molar-refractivity contribution >= 4 is 23.1 Å². The van der Waals surface area contributed by atoms with Crippen LogP contribution in [0.1, 0.15) is 12.8 Å². The fourth-order valence-electron chi connectivity index (χ4n) is 2.58. The van der Waals surface area contributed by atoms with Crippen LogP contribution >= 0.6 is 11.6 Å². The third-order valence-electron chi connectivity index (χ3n) is 3.36. The summed E-state index contributed by atoms with van der Waals surface area (Å²) in [6.07, 6.45) is 1.94. The average molecular weight is 270 g/mol. The molecule has 1 aromatic heterocycles. The molecule has 0 unspecified atom stereocenters. The summed E-state index contributed by atoms with van der Waals surface area (Å²) >= 11 is 5.94. The molecule has 2 saturated heterocycles. The van der Waals surface area contributed by atoms with Gasteiger partial charge in [-0.1, -0.05) is 11.6 Å². The summed E-state index contributed by atoms with van der Waals surface area (Å²) < 4.78 is 11.5. The number of piperidine rings is 1. The Morgan fingerprint density at radius 2 is 2.11 bits per heavy atom. The molecular weight excluding hydrogens is 254 g/mol. The van der Waals surface area contributed by atoms with Gasteiger partial charge >= 0.3 is 0 Å². The van der Waals surface area contributed by atoms with Gasteiger partial charge in [-0.3, -0.25) is 0 Å². The molecule has 2 aliphatic rings. The SMILES string of the molecule is Nc1cc(Cl)nc(N2CCCC3(C2)OCCO3)c1. The van der Waals surface area contributed by atoms with E-state index in [4.69, 9.17) is 26.8 Å². The number of hydrogen-bond donors (Lipinski definition) is 1. The van der Waals surface area contributed by atoms with Crippen molar-refractivity contribution in [2.24, 2.45) is 0 Å². The molecule has 2 aliphatic heterocycles. The first-order valence-electron chi connectivity index (χ1n) is 6.13. The fourth-order valence-corrected chi connectivity index (χ4v) is 2.79. The number of ether oxygens (including phenoxy) is 2. The van der Waals surface area contributed by atoms with E-state index in [1.165, 1.54) is 0 Å². The van der Waals surface area contributed by atoms with Gasteiger partial charge in [0.2, 0.25) is 0 Å². The van der Waals surface area contributed by atoms with E-state index in [1.54, 1.807) is 6.07 Å². The highest BCUT2D eigenvalue weighted by atomic mass is 35.5. The van der Waals surface area contributed by atoms with Crippen molar-refractivity contribution in [1.29, 1.82) is 0 Å². The van der Waals surface area contributed by atoms with Crippen molar-refractivity contribution in [3.05, 3.63) is 17.3 Å². The lowest BCUT2D eigenvalue weighted by Gasteiger charge is -2.39. The van der Waals surface area contributed by atoms with Crippen LogP contribution in [0.2, 0.25) is 5.15 Å². The van der Waals surface area contributed by atoms with E-state index < -0.39 is 5.79 Å². The van der Waals surface area contributed by atoms with E-state index in [-0.39, 0.29) is 0 Å². The molecule has 0 bridgehead atoms. The predicted molar refractivity (Wildman–Crippen MR) is 69.7 cm³/mol. The minimum Gasteiger partial charge on any atom is -0.399 e. The van der Waals surface area contributed by atoms with Crippen LogP contribution in [0.4, 0.5) is 11.5 Å². The number of nitrogen functional groups attached to an aromatic ring is 1. The van der Waals surface area contributed by atoms with Crippen LogP contribution in [0, 0.1) is 0 Å². The lowest BCUT2D eigenvalue weighted by atomic mass is 10.0. The number of aromatic nitrogens is 1. The normalized spacial score (nSPS) is 22.6. The quantitative estimate of drug-likeness (QED) is 0.786. The van der Waals surface area contributed by atoms with E-state index in [1.807, 2.05) is 6.07 Å². The lowest BCUT2D eigenvalue weighted by molar-refractivity contribution is -0.161. The van der Waals surface area contributed by atoms with Crippen LogP contribution in [0.3, 0.4) is 0 Å². The van der Waals surface area contributed by atoms with E-state index in [0.717, 1.165) is 25.2 Å². The zero-order valence-corrected chi connectivity index (χ0v) is 10.8. The number of nitrogens with zero attached hydrogens (tertiary/aromatic N) is 2. The number of pyridine rings is 1. The highest BCUT2D eigenvalue weighted by molar-refractivity contribution is 6.29. The first-order valence-corrected chi connectivity index (χ1v) is 6.51. The third kappa shape index (κ3) is 2.25. The Kier molecular flexibility index (Phi) is 3.05. The Labute approximate surface area is 111 Å². The molecule has 0 atom stereocenters. The second-order valence-electron chi connectivity index (χ2n) is 4.71. The zero-order chi connectivity index (χ0) is 12.6. The van der Waals surface area contributed by atoms with Gasteiger partial charge in [0.1, 0.15) is 11.0 Å². The fraction of sp³-hybridized carbons (Fsp3) is 0.583. The molecule has 0 amide bonds. The summed E-state index contributed by atoms with van der Waals surface area (Å²) in [5.74, 6) is 0.329. The first-order chi connectivity index (χ1) is 8.67. The number of rotatable bonds is 1. The summed E-state index contributed by atoms with van der Waals surface area (Å²) in [7, 11) is 0. The molecule has 0 radical (unpaired) electrons. The minimum absolute atomic E-state index is 0.415. The molecular formula is C12H16ClN3O2. The molecule has 0 aromatic carbocycles. The molecule has 2 fully saturated rings. The highest BCUT2D eigenvalue weighted by Crippen LogP contribution is 2.32. The molecule has 1 aromatic rings. The van der Waals surface area contributed by atoms with Gasteiger partial charge in [-0.2, -0.15) is 0 Å². The lowest BCUT2D eigenvalue weighted by Crippen LogP contribution is -2.49. The van der Waals surface area contributed by atoms with Crippen molar-refractivity contribution in [3.8, 4) is 0 Å². The summed E-state index contributed by atoms with van der Waals surface area (Å²) in [6.45, 7) is 2.93. The predicted octanol–water partition coefficient (Wildman–Crippen LogP) is 1.66. The summed E-state index contributed by atoms with van der Waals surface area (Å²) in [5.41, 5.74) is 6.42. The van der Waals surface area contributed by atoms with E-state index in [2.05, 4.69) is 9.88 Å². The number of hydrogen-bond acceptors (Lipinski definition) is 5. The highest BCUT2D eigenvalue weighted by Gasteiger charge is 2.41. The van der Waals surface area contributed by atoms with Gasteiger partial charge in [0, 0.05) is 24.7 Å². The molecule has 0 saturated carbocycles. The standard InChI is InChI=1S/C12H16ClN3O2/c13-10-6-9(14)7-11(15-10)16-3-1-2-12(8-16)17-4-5-18-12/h6-7H,1-5,8H2,(H2,14,15). The molecule has 98 valence electrons. The van der Waals surface area contributed by atoms with E-state index >= 15 is 0 Å². The van der Waals surface area contributed by atoms with Crippen molar-refractivity contribution in [3.63, 3.8) is 0 Å². The Morgan fingerprint density at radius 3 is 2.83 bits per heavy atom. The van der Waals surface area contributed by atoms with Gasteiger partial charge in [0.05, 0.1) is 19.8 Å². The van der Waals surface area contributed by atoms with Gasteiger partial charge in [0.15, 0.2) is 5.79 Å². The monoisotopic (exact) mass is 269 g/mol. The number of anilines is 2. The van der Waals surface area contributed by atoms with Gasteiger partial charge in [0.25, 0.3) is 0 Å². The maximum Gasteiger partial charge on any atom is 0.186 e. The van der Waals surface area contributed by atoms with Crippen molar-refractivity contribution < 1.29 is 9.47 Å². The van der Waals surface area contributed by atoms with Gasteiger partial charge in [-0.15, -0.1) is 0 Å². The second kappa shape index (κ2) is 4.57. The van der Waals surface area contributed by atoms with E-state index in [9.17, 15) is 0 Å². The van der Waals surface area contributed by atoms with Crippen LogP contribution in [0.15, 0.2) is 12.1 Å². The van der Waals surface area contributed by atoms with Crippen LogP contribution in [0.25, 0.3) is 0 Å². The molecule has 1 spiro atoms. The van der Waals surface area contributed by atoms with Crippen molar-refractivity contribution in [2.75, 3.05) is 36.9 Å². The van der Waals surface area contributed by atoms with Crippen molar-refractivity contribution in [2.45, 2.75) is 18.6 Å². The maximum absolute atomic E-state index is 5.94. The van der Waals surface area contributed by atoms with E-state index in [0.29, 0.717) is 30.6 Å². The van der Waals surface area contributed by atoms with Gasteiger partial charge in [-0.05, 0) is 12.5 Å². The van der Waals surface area contributed by atoms with Gasteiger partial charge < -0.3 is 20.1 Å². The Hall–Kier alpha value is -1.04. The molecule has 18 heavy (non-hydrogen) atoms. The second-order valence-corrected chi connectivity index (χ2v) is 5.10. The number of halogens is 1. The zero-order valence-electron chi connectivity index (χ0n) is 10.1. The molecule has 3 rings (SSSR count). The summed E-state index contributed by atoms with van der Waals surface area (Å²) in [6, 6.07) is 3.48. The number of nitrogens with two attached hydrogens (primary N) is 1. The maximum atomic E-state index is 5.94. The van der Waals surface area contributed by atoms with Crippen molar-refractivity contribution in [1.82, 2.24) is 4.98 Å². The smallest absolute Gasteiger partial charge is 0.186 e. The molecule has 2 N–H and O–H groups in total. The Morgan fingerprint density at radius 1 is 1.33 bits per heavy atom. The minimum atomic E-state index is -0.461. The Bertz CT molecular complexity index is 429. The third-order valence-corrected chi connectivity index (χ3v) is 3.55.